The molecule has 31 heavy (non-hydrogen) atoms. The molecule has 10 heteroatoms. The van der Waals surface area contributed by atoms with Crippen LogP contribution in [-0.2, 0) is 20.5 Å². The Morgan fingerprint density at radius 2 is 1.61 bits per heavy atom. The Kier molecular flexibility index (Phi) is 6.38. The van der Waals surface area contributed by atoms with Crippen molar-refractivity contribution in [3.05, 3.63) is 65.2 Å². The van der Waals surface area contributed by atoms with Gasteiger partial charge < -0.3 is 10.1 Å². The van der Waals surface area contributed by atoms with Crippen LogP contribution in [0.5, 0.6) is 0 Å². The maximum atomic E-state index is 12.7. The van der Waals surface area contributed by atoms with Crippen molar-refractivity contribution in [3.8, 4) is 0 Å². The number of carbonyl (C=O) groups is 4. The number of rotatable bonds is 7. The number of anilines is 1. The number of carbonyl (C=O) groups excluding carboxylic acids is 4. The molecule has 162 valence electrons. The number of amides is 3. The predicted molar refractivity (Wildman–Crippen MR) is 102 cm³/mol. The first-order valence-corrected chi connectivity index (χ1v) is 9.25. The first-order valence-electron chi connectivity index (χ1n) is 9.25. The molecule has 0 atom stereocenters. The van der Waals surface area contributed by atoms with Crippen LogP contribution in [0.2, 0.25) is 0 Å². The molecule has 2 aromatic carbocycles. The molecule has 0 bridgehead atoms. The van der Waals surface area contributed by atoms with Gasteiger partial charge in [-0.3, -0.25) is 24.1 Å². The van der Waals surface area contributed by atoms with Gasteiger partial charge in [0, 0.05) is 18.7 Å². The zero-order valence-corrected chi connectivity index (χ0v) is 16.1. The van der Waals surface area contributed by atoms with Crippen molar-refractivity contribution in [1.82, 2.24) is 4.90 Å². The van der Waals surface area contributed by atoms with Gasteiger partial charge in [-0.1, -0.05) is 18.2 Å². The molecule has 1 N–H and O–H groups in total. The van der Waals surface area contributed by atoms with E-state index in [2.05, 4.69) is 5.32 Å². The molecule has 1 heterocycles. The Labute approximate surface area is 174 Å². The van der Waals surface area contributed by atoms with E-state index in [0.29, 0.717) is 11.1 Å². The number of ether oxygens (including phenoxy) is 1. The molecule has 0 fully saturated rings. The molecule has 0 spiro atoms. The SMILES string of the molecule is O=C(COC(=O)CCCN1C(=O)c2ccccc2C1=O)Nc1cccc(C(F)(F)F)c1. The highest BCUT2D eigenvalue weighted by atomic mass is 19.4. The Balaban J connectivity index is 1.41. The van der Waals surface area contributed by atoms with Crippen LogP contribution in [0.25, 0.3) is 0 Å². The van der Waals surface area contributed by atoms with Gasteiger partial charge in [0.1, 0.15) is 0 Å². The molecule has 2 aromatic rings. The maximum absolute atomic E-state index is 12.7. The summed E-state index contributed by atoms with van der Waals surface area (Å²) in [5.74, 6) is -2.41. The van der Waals surface area contributed by atoms with Gasteiger partial charge in [-0.25, -0.2) is 0 Å². The lowest BCUT2D eigenvalue weighted by atomic mass is 10.1. The molecule has 3 rings (SSSR count). The summed E-state index contributed by atoms with van der Waals surface area (Å²) in [7, 11) is 0. The van der Waals surface area contributed by atoms with E-state index in [9.17, 15) is 32.3 Å². The standard InChI is InChI=1S/C21H17F3N2O5/c22-21(23,24)13-5-3-6-14(11-13)25-17(27)12-31-18(28)9-4-10-26-19(29)15-7-1-2-8-16(15)20(26)30/h1-3,5-8,11H,4,9-10,12H2,(H,25,27). The number of hydrogen-bond acceptors (Lipinski definition) is 5. The van der Waals surface area contributed by atoms with Crippen molar-refractivity contribution in [2.75, 3.05) is 18.5 Å². The number of halogens is 3. The van der Waals surface area contributed by atoms with E-state index >= 15 is 0 Å². The average molecular weight is 434 g/mol. The number of nitrogens with zero attached hydrogens (tertiary/aromatic N) is 1. The Morgan fingerprint density at radius 1 is 0.968 bits per heavy atom. The van der Waals surface area contributed by atoms with Crippen LogP contribution in [0.1, 0.15) is 39.1 Å². The topological polar surface area (TPSA) is 92.8 Å². The molecule has 3 amide bonds. The highest BCUT2D eigenvalue weighted by molar-refractivity contribution is 6.21. The maximum Gasteiger partial charge on any atom is 0.416 e. The normalized spacial score (nSPS) is 13.2. The van der Waals surface area contributed by atoms with Crippen molar-refractivity contribution >= 4 is 29.4 Å². The van der Waals surface area contributed by atoms with Crippen LogP contribution in [0.3, 0.4) is 0 Å². The second-order valence-corrected chi connectivity index (χ2v) is 6.70. The van der Waals surface area contributed by atoms with Gasteiger partial charge in [0.15, 0.2) is 6.61 Å². The van der Waals surface area contributed by atoms with E-state index in [4.69, 9.17) is 4.74 Å². The van der Waals surface area contributed by atoms with Crippen LogP contribution in [0.4, 0.5) is 18.9 Å². The molecule has 0 unspecified atom stereocenters. The van der Waals surface area contributed by atoms with Crippen LogP contribution in [-0.4, -0.2) is 41.7 Å². The predicted octanol–water partition coefficient (Wildman–Crippen LogP) is 3.26. The first-order chi connectivity index (χ1) is 14.7. The van der Waals surface area contributed by atoms with Gasteiger partial charge in [0.05, 0.1) is 16.7 Å². The molecule has 1 aliphatic heterocycles. The van der Waals surface area contributed by atoms with E-state index in [1.54, 1.807) is 24.3 Å². The third-order valence-electron chi connectivity index (χ3n) is 4.48. The molecule has 0 saturated heterocycles. The van der Waals surface area contributed by atoms with Gasteiger partial charge in [0.25, 0.3) is 17.7 Å². The number of hydrogen-bond donors (Lipinski definition) is 1. The fraction of sp³-hybridized carbons (Fsp3) is 0.238. The molecule has 0 aliphatic carbocycles. The van der Waals surface area contributed by atoms with Gasteiger partial charge in [-0.15, -0.1) is 0 Å². The minimum Gasteiger partial charge on any atom is -0.456 e. The smallest absolute Gasteiger partial charge is 0.416 e. The minimum atomic E-state index is -4.55. The molecular weight excluding hydrogens is 417 g/mol. The lowest BCUT2D eigenvalue weighted by molar-refractivity contribution is -0.147. The van der Waals surface area contributed by atoms with E-state index < -0.39 is 42.0 Å². The van der Waals surface area contributed by atoms with Gasteiger partial charge in [-0.05, 0) is 36.8 Å². The average Bonchev–Trinajstić information content (AvgIpc) is 2.97. The van der Waals surface area contributed by atoms with E-state index in [0.717, 1.165) is 23.1 Å². The first kappa shape index (κ1) is 22.0. The van der Waals surface area contributed by atoms with Crippen LogP contribution in [0, 0.1) is 0 Å². The lowest BCUT2D eigenvalue weighted by Crippen LogP contribution is -2.31. The summed E-state index contributed by atoms with van der Waals surface area (Å²) >= 11 is 0. The molecule has 7 nitrogen and oxygen atoms in total. The van der Waals surface area contributed by atoms with Crippen molar-refractivity contribution in [2.45, 2.75) is 19.0 Å². The Morgan fingerprint density at radius 3 is 2.23 bits per heavy atom. The number of imide groups is 1. The number of nitrogens with one attached hydrogen (secondary N) is 1. The largest absolute Gasteiger partial charge is 0.456 e. The molecule has 1 aliphatic rings. The summed E-state index contributed by atoms with van der Waals surface area (Å²) in [6.07, 6.45) is -4.56. The van der Waals surface area contributed by atoms with Gasteiger partial charge >= 0.3 is 12.1 Å². The summed E-state index contributed by atoms with van der Waals surface area (Å²) in [6.45, 7) is -0.667. The third-order valence-corrected chi connectivity index (χ3v) is 4.48. The summed E-state index contributed by atoms with van der Waals surface area (Å²) in [6, 6.07) is 10.4. The molecule has 0 radical (unpaired) electrons. The van der Waals surface area contributed by atoms with Crippen LogP contribution in [0.15, 0.2) is 48.5 Å². The van der Waals surface area contributed by atoms with Crippen molar-refractivity contribution < 1.29 is 37.1 Å². The van der Waals surface area contributed by atoms with Crippen molar-refractivity contribution in [3.63, 3.8) is 0 Å². The highest BCUT2D eigenvalue weighted by Crippen LogP contribution is 2.30. The van der Waals surface area contributed by atoms with E-state index in [-0.39, 0.29) is 25.1 Å². The zero-order valence-electron chi connectivity index (χ0n) is 16.1. The molecule has 0 saturated carbocycles. The third kappa shape index (κ3) is 5.27. The Bertz CT molecular complexity index is 1000. The monoisotopic (exact) mass is 434 g/mol. The fourth-order valence-corrected chi connectivity index (χ4v) is 3.01. The summed E-state index contributed by atoms with van der Waals surface area (Å²) < 4.78 is 42.9. The summed E-state index contributed by atoms with van der Waals surface area (Å²) in [4.78, 5) is 49.1. The Hall–Kier alpha value is -3.69. The second kappa shape index (κ2) is 8.99. The highest BCUT2D eigenvalue weighted by Gasteiger charge is 2.34. The zero-order chi connectivity index (χ0) is 22.6. The van der Waals surface area contributed by atoms with Gasteiger partial charge in [-0.2, -0.15) is 13.2 Å². The van der Waals surface area contributed by atoms with Crippen LogP contribution >= 0.6 is 0 Å². The summed E-state index contributed by atoms with van der Waals surface area (Å²) in [5.41, 5.74) is -0.389. The van der Waals surface area contributed by atoms with E-state index in [1.165, 1.54) is 6.07 Å². The second-order valence-electron chi connectivity index (χ2n) is 6.70. The minimum absolute atomic E-state index is 0.0118. The number of fused-ring (bicyclic) bond motifs is 1. The molecule has 0 aromatic heterocycles. The summed E-state index contributed by atoms with van der Waals surface area (Å²) in [5, 5.41) is 2.22. The number of benzene rings is 2. The van der Waals surface area contributed by atoms with Crippen LogP contribution < -0.4 is 5.32 Å². The van der Waals surface area contributed by atoms with Gasteiger partial charge in [0.2, 0.25) is 0 Å². The van der Waals surface area contributed by atoms with E-state index in [1.807, 2.05) is 0 Å². The number of alkyl halides is 3. The fourth-order valence-electron chi connectivity index (χ4n) is 3.01. The number of esters is 1. The molecular formula is C21H17F3N2O5. The quantitative estimate of drug-likeness (QED) is 0.534. The lowest BCUT2D eigenvalue weighted by Gasteiger charge is -2.13. The van der Waals surface area contributed by atoms with Crippen molar-refractivity contribution in [1.29, 1.82) is 0 Å². The van der Waals surface area contributed by atoms with Crippen molar-refractivity contribution in [2.24, 2.45) is 0 Å².